The van der Waals surface area contributed by atoms with Crippen molar-refractivity contribution in [1.29, 1.82) is 0 Å². The van der Waals surface area contributed by atoms with Gasteiger partial charge in [0, 0.05) is 19.7 Å². The van der Waals surface area contributed by atoms with Crippen LogP contribution in [0.25, 0.3) is 10.8 Å². The van der Waals surface area contributed by atoms with Crippen molar-refractivity contribution in [3.8, 4) is 0 Å². The molecule has 1 saturated heterocycles. The predicted molar refractivity (Wildman–Crippen MR) is 85.4 cm³/mol. The van der Waals surface area contributed by atoms with Gasteiger partial charge in [-0.3, -0.25) is 0 Å². The van der Waals surface area contributed by atoms with Gasteiger partial charge in [0.15, 0.2) is 0 Å². The predicted octanol–water partition coefficient (Wildman–Crippen LogP) is 2.98. The summed E-state index contributed by atoms with van der Waals surface area (Å²) < 4.78 is 5.65. The number of rotatable bonds is 5. The van der Waals surface area contributed by atoms with E-state index in [-0.39, 0.29) is 0 Å². The molecule has 0 saturated carbocycles. The number of nitrogens with zero attached hydrogens (tertiary/aromatic N) is 1. The molecule has 21 heavy (non-hydrogen) atoms. The molecule has 2 unspecified atom stereocenters. The van der Waals surface area contributed by atoms with Crippen LogP contribution >= 0.6 is 0 Å². The van der Waals surface area contributed by atoms with E-state index in [1.165, 1.54) is 10.8 Å². The highest BCUT2D eigenvalue weighted by Gasteiger charge is 2.19. The molecular weight excluding hydrogens is 262 g/mol. The van der Waals surface area contributed by atoms with Crippen molar-refractivity contribution in [2.24, 2.45) is 0 Å². The van der Waals surface area contributed by atoms with Crippen LogP contribution in [0.15, 0.2) is 42.5 Å². The number of benzene rings is 2. The van der Waals surface area contributed by atoms with Crippen LogP contribution in [0, 0.1) is 0 Å². The summed E-state index contributed by atoms with van der Waals surface area (Å²) >= 11 is 0. The average Bonchev–Trinajstić information content (AvgIpc) is 2.99. The van der Waals surface area contributed by atoms with Crippen LogP contribution in [0.5, 0.6) is 0 Å². The van der Waals surface area contributed by atoms with Gasteiger partial charge in [-0.05, 0) is 42.3 Å². The largest absolute Gasteiger partial charge is 0.387 e. The molecule has 1 heterocycles. The molecule has 2 aromatic rings. The fraction of sp³-hybridized carbons (Fsp3) is 0.444. The first-order valence-electron chi connectivity index (χ1n) is 7.69. The smallest absolute Gasteiger partial charge is 0.0917 e. The Morgan fingerprint density at radius 3 is 2.81 bits per heavy atom. The SMILES string of the molecule is CN(CC1CCCO1)CC(O)c1ccc2ccccc2c1. The number of fused-ring (bicyclic) bond motifs is 1. The van der Waals surface area contributed by atoms with E-state index in [2.05, 4.69) is 29.2 Å². The maximum Gasteiger partial charge on any atom is 0.0917 e. The molecule has 2 atom stereocenters. The van der Waals surface area contributed by atoms with Gasteiger partial charge in [-0.1, -0.05) is 36.4 Å². The van der Waals surface area contributed by atoms with E-state index in [1.807, 2.05) is 25.2 Å². The monoisotopic (exact) mass is 285 g/mol. The molecule has 2 aromatic carbocycles. The van der Waals surface area contributed by atoms with E-state index in [1.54, 1.807) is 0 Å². The number of hydrogen-bond acceptors (Lipinski definition) is 3. The molecule has 1 fully saturated rings. The van der Waals surface area contributed by atoms with Gasteiger partial charge in [0.25, 0.3) is 0 Å². The number of ether oxygens (including phenoxy) is 1. The maximum atomic E-state index is 10.4. The highest BCUT2D eigenvalue weighted by molar-refractivity contribution is 5.83. The minimum Gasteiger partial charge on any atom is -0.387 e. The maximum absolute atomic E-state index is 10.4. The molecule has 1 aliphatic rings. The van der Waals surface area contributed by atoms with Gasteiger partial charge in [0.1, 0.15) is 0 Å². The zero-order valence-corrected chi connectivity index (χ0v) is 12.5. The van der Waals surface area contributed by atoms with Crippen molar-refractivity contribution in [2.75, 3.05) is 26.7 Å². The van der Waals surface area contributed by atoms with Crippen LogP contribution in [0.2, 0.25) is 0 Å². The summed E-state index contributed by atoms with van der Waals surface area (Å²) in [6, 6.07) is 14.4. The van der Waals surface area contributed by atoms with Crippen LogP contribution in [-0.2, 0) is 4.74 Å². The Bertz CT molecular complexity index is 593. The molecule has 3 nitrogen and oxygen atoms in total. The van der Waals surface area contributed by atoms with Crippen LogP contribution in [0.4, 0.5) is 0 Å². The fourth-order valence-corrected chi connectivity index (χ4v) is 3.03. The summed E-state index contributed by atoms with van der Waals surface area (Å²) in [5.41, 5.74) is 0.980. The molecule has 0 spiro atoms. The zero-order valence-electron chi connectivity index (χ0n) is 12.5. The van der Waals surface area contributed by atoms with E-state index >= 15 is 0 Å². The Balaban J connectivity index is 1.63. The lowest BCUT2D eigenvalue weighted by Crippen LogP contribution is -2.32. The summed E-state index contributed by atoms with van der Waals surface area (Å²) in [7, 11) is 2.05. The standard InChI is InChI=1S/C18H23NO2/c1-19(12-17-7-4-10-21-17)13-18(20)16-9-8-14-5-2-3-6-15(14)11-16/h2-3,5-6,8-9,11,17-18,20H,4,7,10,12-13H2,1H3. The first-order chi connectivity index (χ1) is 10.2. The van der Waals surface area contributed by atoms with Gasteiger partial charge in [-0.25, -0.2) is 0 Å². The average molecular weight is 285 g/mol. The molecule has 0 bridgehead atoms. The van der Waals surface area contributed by atoms with Crippen molar-refractivity contribution >= 4 is 10.8 Å². The summed E-state index contributed by atoms with van der Waals surface area (Å²) in [6.45, 7) is 2.41. The van der Waals surface area contributed by atoms with Gasteiger partial charge >= 0.3 is 0 Å². The first-order valence-corrected chi connectivity index (χ1v) is 7.69. The second-order valence-corrected chi connectivity index (χ2v) is 5.98. The summed E-state index contributed by atoms with van der Waals surface area (Å²) in [6.07, 6.45) is 2.17. The Labute approximate surface area is 126 Å². The molecule has 3 heteroatoms. The lowest BCUT2D eigenvalue weighted by molar-refractivity contribution is 0.0602. The van der Waals surface area contributed by atoms with Crippen LogP contribution < -0.4 is 0 Å². The quantitative estimate of drug-likeness (QED) is 0.916. The molecule has 0 aliphatic carbocycles. The summed E-state index contributed by atoms with van der Waals surface area (Å²) in [4.78, 5) is 2.16. The van der Waals surface area contributed by atoms with E-state index in [0.717, 1.165) is 31.6 Å². The number of likely N-dealkylation sites (N-methyl/N-ethyl adjacent to an activating group) is 1. The van der Waals surface area contributed by atoms with Gasteiger partial charge < -0.3 is 14.7 Å². The van der Waals surface area contributed by atoms with Crippen molar-refractivity contribution in [1.82, 2.24) is 4.90 Å². The Morgan fingerprint density at radius 1 is 1.24 bits per heavy atom. The Kier molecular flexibility index (Phi) is 4.54. The van der Waals surface area contributed by atoms with E-state index in [4.69, 9.17) is 4.74 Å². The van der Waals surface area contributed by atoms with Crippen molar-refractivity contribution in [2.45, 2.75) is 25.0 Å². The van der Waals surface area contributed by atoms with Crippen LogP contribution in [-0.4, -0.2) is 42.9 Å². The topological polar surface area (TPSA) is 32.7 Å². The number of aliphatic hydroxyl groups excluding tert-OH is 1. The van der Waals surface area contributed by atoms with E-state index in [0.29, 0.717) is 12.6 Å². The fourth-order valence-electron chi connectivity index (χ4n) is 3.03. The molecule has 3 rings (SSSR count). The Hall–Kier alpha value is -1.42. The molecule has 112 valence electrons. The Morgan fingerprint density at radius 2 is 2.05 bits per heavy atom. The first kappa shape index (κ1) is 14.5. The lowest BCUT2D eigenvalue weighted by Gasteiger charge is -2.23. The normalized spacial score (nSPS) is 20.2. The molecule has 0 aromatic heterocycles. The molecular formula is C18H23NO2. The van der Waals surface area contributed by atoms with Gasteiger partial charge in [0.05, 0.1) is 12.2 Å². The molecule has 1 N–H and O–H groups in total. The second kappa shape index (κ2) is 6.56. The second-order valence-electron chi connectivity index (χ2n) is 5.98. The van der Waals surface area contributed by atoms with Crippen molar-refractivity contribution < 1.29 is 9.84 Å². The lowest BCUT2D eigenvalue weighted by atomic mass is 10.0. The van der Waals surface area contributed by atoms with Crippen molar-refractivity contribution in [3.05, 3.63) is 48.0 Å². The van der Waals surface area contributed by atoms with E-state index in [9.17, 15) is 5.11 Å². The van der Waals surface area contributed by atoms with Gasteiger partial charge in [0.2, 0.25) is 0 Å². The summed E-state index contributed by atoms with van der Waals surface area (Å²) in [5, 5.41) is 12.8. The van der Waals surface area contributed by atoms with Crippen LogP contribution in [0.1, 0.15) is 24.5 Å². The third-order valence-electron chi connectivity index (χ3n) is 4.18. The third-order valence-corrected chi connectivity index (χ3v) is 4.18. The van der Waals surface area contributed by atoms with Gasteiger partial charge in [-0.15, -0.1) is 0 Å². The van der Waals surface area contributed by atoms with Gasteiger partial charge in [-0.2, -0.15) is 0 Å². The zero-order chi connectivity index (χ0) is 14.7. The highest BCUT2D eigenvalue weighted by atomic mass is 16.5. The van der Waals surface area contributed by atoms with Crippen molar-refractivity contribution in [3.63, 3.8) is 0 Å². The number of aliphatic hydroxyl groups is 1. The van der Waals surface area contributed by atoms with E-state index < -0.39 is 6.10 Å². The molecule has 0 amide bonds. The molecule has 1 aliphatic heterocycles. The molecule has 0 radical (unpaired) electrons. The summed E-state index contributed by atoms with van der Waals surface area (Å²) in [5.74, 6) is 0. The van der Waals surface area contributed by atoms with Crippen LogP contribution in [0.3, 0.4) is 0 Å². The highest BCUT2D eigenvalue weighted by Crippen LogP contribution is 2.21. The minimum absolute atomic E-state index is 0.332. The minimum atomic E-state index is -0.457. The third kappa shape index (κ3) is 3.62. The number of hydrogen-bond donors (Lipinski definition) is 1.